The molecule has 0 atom stereocenters. The van der Waals surface area contributed by atoms with Crippen molar-refractivity contribution < 1.29 is 14.7 Å². The molecule has 0 aliphatic heterocycles. The number of allylic oxidation sites excluding steroid dienone is 1. The van der Waals surface area contributed by atoms with Crippen LogP contribution in [0.1, 0.15) is 15.9 Å². The van der Waals surface area contributed by atoms with Crippen LogP contribution in [0.15, 0.2) is 24.5 Å². The van der Waals surface area contributed by atoms with Crippen LogP contribution in [0, 0.1) is 0 Å². The average molecular weight is 177 g/mol. The maximum Gasteiger partial charge on any atom is 0.336 e. The van der Waals surface area contributed by atoms with E-state index in [1.54, 1.807) is 0 Å². The molecule has 66 valence electrons. The summed E-state index contributed by atoms with van der Waals surface area (Å²) in [4.78, 5) is 24.4. The third-order valence-corrected chi connectivity index (χ3v) is 1.44. The first-order valence-corrected chi connectivity index (χ1v) is 3.55. The molecule has 0 radical (unpaired) electrons. The predicted octanol–water partition coefficient (Wildman–Crippen LogP) is 0.992. The van der Waals surface area contributed by atoms with Gasteiger partial charge in [-0.25, -0.2) is 4.79 Å². The van der Waals surface area contributed by atoms with Crippen LogP contribution in [0.5, 0.6) is 0 Å². The molecule has 0 saturated heterocycles. The van der Waals surface area contributed by atoms with Gasteiger partial charge < -0.3 is 5.11 Å². The Morgan fingerprint density at radius 1 is 1.54 bits per heavy atom. The van der Waals surface area contributed by atoms with E-state index in [4.69, 9.17) is 5.11 Å². The standard InChI is InChI=1S/C9H7NO3/c11-5-1-2-7-6-10-4-3-8(7)9(12)13/h1-6H,(H,12,13). The maximum atomic E-state index is 10.6. The van der Waals surface area contributed by atoms with Gasteiger partial charge in [-0.15, -0.1) is 0 Å². The summed E-state index contributed by atoms with van der Waals surface area (Å²) in [6, 6.07) is 1.38. The van der Waals surface area contributed by atoms with Gasteiger partial charge in [-0.05, 0) is 18.2 Å². The molecule has 0 aliphatic rings. The Labute approximate surface area is 74.5 Å². The predicted molar refractivity (Wildman–Crippen MR) is 46.3 cm³/mol. The highest BCUT2D eigenvalue weighted by Crippen LogP contribution is 2.08. The Bertz CT molecular complexity index is 358. The van der Waals surface area contributed by atoms with E-state index >= 15 is 0 Å². The minimum atomic E-state index is -1.03. The molecule has 0 aromatic carbocycles. The fourth-order valence-electron chi connectivity index (χ4n) is 0.877. The molecule has 4 heteroatoms. The lowest BCUT2D eigenvalue weighted by atomic mass is 10.1. The molecule has 1 N–H and O–H groups in total. The summed E-state index contributed by atoms with van der Waals surface area (Å²) in [5.74, 6) is -1.03. The van der Waals surface area contributed by atoms with Gasteiger partial charge in [-0.2, -0.15) is 0 Å². The summed E-state index contributed by atoms with van der Waals surface area (Å²) in [7, 11) is 0. The molecule has 1 heterocycles. The van der Waals surface area contributed by atoms with Gasteiger partial charge in [0.25, 0.3) is 0 Å². The van der Waals surface area contributed by atoms with Crippen LogP contribution in [-0.4, -0.2) is 22.3 Å². The van der Waals surface area contributed by atoms with Gasteiger partial charge in [-0.3, -0.25) is 9.78 Å². The third-order valence-electron chi connectivity index (χ3n) is 1.44. The quantitative estimate of drug-likeness (QED) is 0.552. The highest BCUT2D eigenvalue weighted by atomic mass is 16.4. The molecular formula is C9H7NO3. The van der Waals surface area contributed by atoms with Crippen LogP contribution in [0.3, 0.4) is 0 Å². The van der Waals surface area contributed by atoms with Gasteiger partial charge in [0.05, 0.1) is 5.56 Å². The van der Waals surface area contributed by atoms with Crippen molar-refractivity contribution >= 4 is 18.3 Å². The number of hydrogen-bond acceptors (Lipinski definition) is 3. The van der Waals surface area contributed by atoms with Gasteiger partial charge in [0, 0.05) is 18.0 Å². The van der Waals surface area contributed by atoms with Crippen molar-refractivity contribution in [3.63, 3.8) is 0 Å². The smallest absolute Gasteiger partial charge is 0.336 e. The van der Waals surface area contributed by atoms with E-state index in [1.807, 2.05) is 0 Å². The van der Waals surface area contributed by atoms with Crippen molar-refractivity contribution in [1.29, 1.82) is 0 Å². The number of carboxylic acids is 1. The fourth-order valence-corrected chi connectivity index (χ4v) is 0.877. The highest BCUT2D eigenvalue weighted by molar-refractivity contribution is 5.92. The van der Waals surface area contributed by atoms with E-state index in [0.29, 0.717) is 11.8 Å². The normalized spacial score (nSPS) is 10.2. The van der Waals surface area contributed by atoms with E-state index in [-0.39, 0.29) is 5.56 Å². The highest BCUT2D eigenvalue weighted by Gasteiger charge is 2.05. The largest absolute Gasteiger partial charge is 0.478 e. The summed E-state index contributed by atoms with van der Waals surface area (Å²) < 4.78 is 0. The van der Waals surface area contributed by atoms with Crippen LogP contribution in [0.4, 0.5) is 0 Å². The topological polar surface area (TPSA) is 67.3 Å². The van der Waals surface area contributed by atoms with Crippen molar-refractivity contribution in [2.24, 2.45) is 0 Å². The van der Waals surface area contributed by atoms with Crippen LogP contribution in [0.2, 0.25) is 0 Å². The number of aldehydes is 1. The molecular weight excluding hydrogens is 170 g/mol. The summed E-state index contributed by atoms with van der Waals surface area (Å²) in [6.07, 6.45) is 6.00. The van der Waals surface area contributed by atoms with Crippen molar-refractivity contribution in [2.75, 3.05) is 0 Å². The average Bonchev–Trinajstić information content (AvgIpc) is 2.15. The Balaban J connectivity index is 3.11. The second kappa shape index (κ2) is 4.15. The van der Waals surface area contributed by atoms with E-state index in [9.17, 15) is 9.59 Å². The van der Waals surface area contributed by atoms with Crippen LogP contribution in [0.25, 0.3) is 6.08 Å². The molecule has 1 aromatic rings. The molecule has 4 nitrogen and oxygen atoms in total. The zero-order valence-electron chi connectivity index (χ0n) is 6.68. The number of rotatable bonds is 3. The molecule has 0 amide bonds. The summed E-state index contributed by atoms with van der Waals surface area (Å²) in [6.45, 7) is 0. The van der Waals surface area contributed by atoms with E-state index in [0.717, 1.165) is 0 Å². The lowest BCUT2D eigenvalue weighted by molar-refractivity contribution is -0.104. The van der Waals surface area contributed by atoms with Gasteiger partial charge in [0.1, 0.15) is 6.29 Å². The Morgan fingerprint density at radius 3 is 2.92 bits per heavy atom. The molecule has 13 heavy (non-hydrogen) atoms. The SMILES string of the molecule is O=CC=Cc1cnccc1C(=O)O. The van der Waals surface area contributed by atoms with Crippen molar-refractivity contribution in [1.82, 2.24) is 4.98 Å². The summed E-state index contributed by atoms with van der Waals surface area (Å²) in [5, 5.41) is 8.71. The van der Waals surface area contributed by atoms with Crippen LogP contribution in [-0.2, 0) is 4.79 Å². The van der Waals surface area contributed by atoms with E-state index in [2.05, 4.69) is 4.98 Å². The summed E-state index contributed by atoms with van der Waals surface area (Å²) in [5.41, 5.74) is 0.551. The molecule has 1 aromatic heterocycles. The van der Waals surface area contributed by atoms with Gasteiger partial charge in [-0.1, -0.05) is 0 Å². The fraction of sp³-hybridized carbons (Fsp3) is 0. The lowest BCUT2D eigenvalue weighted by Gasteiger charge is -1.97. The molecule has 0 unspecified atom stereocenters. The van der Waals surface area contributed by atoms with E-state index < -0.39 is 5.97 Å². The number of carbonyl (C=O) groups excluding carboxylic acids is 1. The summed E-state index contributed by atoms with van der Waals surface area (Å²) >= 11 is 0. The Hall–Kier alpha value is -1.97. The number of hydrogen-bond donors (Lipinski definition) is 1. The minimum Gasteiger partial charge on any atom is -0.478 e. The van der Waals surface area contributed by atoms with E-state index in [1.165, 1.54) is 30.6 Å². The number of aromatic nitrogens is 1. The molecule has 0 spiro atoms. The molecule has 0 aliphatic carbocycles. The van der Waals surface area contributed by atoms with Crippen molar-refractivity contribution in [3.8, 4) is 0 Å². The molecule has 0 saturated carbocycles. The molecule has 0 fully saturated rings. The number of carboxylic acid groups (broad SMARTS) is 1. The Morgan fingerprint density at radius 2 is 2.31 bits per heavy atom. The van der Waals surface area contributed by atoms with Gasteiger partial charge in [0.15, 0.2) is 0 Å². The molecule has 1 rings (SSSR count). The second-order valence-corrected chi connectivity index (χ2v) is 2.26. The third kappa shape index (κ3) is 2.23. The molecule has 0 bridgehead atoms. The monoisotopic (exact) mass is 177 g/mol. The first kappa shape index (κ1) is 9.12. The first-order chi connectivity index (χ1) is 6.25. The van der Waals surface area contributed by atoms with Crippen molar-refractivity contribution in [2.45, 2.75) is 0 Å². The number of carbonyl (C=O) groups is 2. The lowest BCUT2D eigenvalue weighted by Crippen LogP contribution is -1.99. The zero-order valence-corrected chi connectivity index (χ0v) is 6.68. The van der Waals surface area contributed by atoms with Crippen LogP contribution >= 0.6 is 0 Å². The second-order valence-electron chi connectivity index (χ2n) is 2.26. The number of pyridine rings is 1. The maximum absolute atomic E-state index is 10.6. The zero-order chi connectivity index (χ0) is 9.68. The first-order valence-electron chi connectivity index (χ1n) is 3.55. The van der Waals surface area contributed by atoms with Crippen LogP contribution < -0.4 is 0 Å². The number of aromatic carboxylic acids is 1. The van der Waals surface area contributed by atoms with Crippen molar-refractivity contribution in [3.05, 3.63) is 35.7 Å². The van der Waals surface area contributed by atoms with Gasteiger partial charge in [0.2, 0.25) is 0 Å². The Kier molecular flexibility index (Phi) is 2.92. The minimum absolute atomic E-state index is 0.133. The number of nitrogens with zero attached hydrogens (tertiary/aromatic N) is 1. The van der Waals surface area contributed by atoms with Gasteiger partial charge >= 0.3 is 5.97 Å².